The van der Waals surface area contributed by atoms with Crippen LogP contribution in [0.15, 0.2) is 54.9 Å². The normalized spacial score (nSPS) is 12.0. The van der Waals surface area contributed by atoms with Crippen LogP contribution in [0.3, 0.4) is 0 Å². The number of hydrogen-bond donors (Lipinski definition) is 1. The zero-order valence-electron chi connectivity index (χ0n) is 14.1. The van der Waals surface area contributed by atoms with Gasteiger partial charge in [-0.25, -0.2) is 4.98 Å². The first-order valence-corrected chi connectivity index (χ1v) is 8.73. The van der Waals surface area contributed by atoms with Crippen molar-refractivity contribution >= 4 is 23.2 Å². The molecule has 0 radical (unpaired) electrons. The molecular formula is C19H18Cl2N2O3. The van der Waals surface area contributed by atoms with Gasteiger partial charge in [-0.05, 0) is 29.8 Å². The van der Waals surface area contributed by atoms with E-state index in [1.807, 2.05) is 30.3 Å². The number of nitrogens with one attached hydrogen (secondary N) is 1. The molecule has 1 atom stereocenters. The van der Waals surface area contributed by atoms with Crippen molar-refractivity contribution in [3.63, 3.8) is 0 Å². The van der Waals surface area contributed by atoms with Crippen LogP contribution in [-0.4, -0.2) is 23.9 Å². The summed E-state index contributed by atoms with van der Waals surface area (Å²) in [6.07, 6.45) is 3.60. The predicted octanol–water partition coefficient (Wildman–Crippen LogP) is 5.06. The Hall–Kier alpha value is -2.21. The Morgan fingerprint density at radius 3 is 2.62 bits per heavy atom. The van der Waals surface area contributed by atoms with E-state index in [0.29, 0.717) is 33.8 Å². The van der Waals surface area contributed by atoms with E-state index in [0.717, 1.165) is 5.56 Å². The second-order valence-electron chi connectivity index (χ2n) is 5.48. The topological polar surface area (TPSA) is 56.4 Å². The highest BCUT2D eigenvalue weighted by molar-refractivity contribution is 6.35. The van der Waals surface area contributed by atoms with Gasteiger partial charge in [0.2, 0.25) is 0 Å². The number of benzene rings is 2. The van der Waals surface area contributed by atoms with Crippen LogP contribution in [0.5, 0.6) is 11.5 Å². The summed E-state index contributed by atoms with van der Waals surface area (Å²) in [5.74, 6) is 1.95. The number of methoxy groups -OCH3 is 1. The minimum Gasteiger partial charge on any atom is -0.493 e. The molecule has 3 rings (SSSR count). The van der Waals surface area contributed by atoms with E-state index in [9.17, 15) is 0 Å². The molecule has 1 N–H and O–H groups in total. The van der Waals surface area contributed by atoms with Crippen molar-refractivity contribution in [1.29, 1.82) is 0 Å². The molecular weight excluding hydrogens is 375 g/mol. The SMILES string of the molecule is COc1ccccc1OCOC(Cc1ccc(Cl)cc1Cl)c1ncc[nH]1. The highest BCUT2D eigenvalue weighted by atomic mass is 35.5. The monoisotopic (exact) mass is 392 g/mol. The number of rotatable bonds is 8. The first-order valence-electron chi connectivity index (χ1n) is 7.98. The van der Waals surface area contributed by atoms with Gasteiger partial charge in [-0.2, -0.15) is 0 Å². The molecule has 0 saturated carbocycles. The maximum Gasteiger partial charge on any atom is 0.190 e. The zero-order valence-corrected chi connectivity index (χ0v) is 15.6. The summed E-state index contributed by atoms with van der Waals surface area (Å²) in [6.45, 7) is 0.0386. The fraction of sp³-hybridized carbons (Fsp3) is 0.211. The predicted molar refractivity (Wildman–Crippen MR) is 101 cm³/mol. The Morgan fingerprint density at radius 1 is 1.12 bits per heavy atom. The van der Waals surface area contributed by atoms with Crippen LogP contribution in [0, 0.1) is 0 Å². The van der Waals surface area contributed by atoms with E-state index in [4.69, 9.17) is 37.4 Å². The number of H-pyrrole nitrogens is 1. The highest BCUT2D eigenvalue weighted by Gasteiger charge is 2.18. The van der Waals surface area contributed by atoms with Crippen molar-refractivity contribution in [3.8, 4) is 11.5 Å². The Bertz CT molecular complexity index is 841. The molecule has 0 amide bonds. The lowest BCUT2D eigenvalue weighted by Gasteiger charge is -2.18. The molecule has 1 unspecified atom stereocenters. The Kier molecular flexibility index (Phi) is 6.39. The Morgan fingerprint density at radius 2 is 1.92 bits per heavy atom. The molecule has 0 aliphatic carbocycles. The number of ether oxygens (including phenoxy) is 3. The van der Waals surface area contributed by atoms with Crippen LogP contribution in [0.4, 0.5) is 0 Å². The number of aromatic nitrogens is 2. The van der Waals surface area contributed by atoms with E-state index in [-0.39, 0.29) is 12.9 Å². The Balaban J connectivity index is 1.69. The highest BCUT2D eigenvalue weighted by Crippen LogP contribution is 2.29. The number of hydrogen-bond acceptors (Lipinski definition) is 4. The quantitative estimate of drug-likeness (QED) is 0.544. The summed E-state index contributed by atoms with van der Waals surface area (Å²) < 4.78 is 16.9. The van der Waals surface area contributed by atoms with Crippen LogP contribution < -0.4 is 9.47 Å². The van der Waals surface area contributed by atoms with E-state index in [1.165, 1.54) is 0 Å². The van der Waals surface area contributed by atoms with E-state index < -0.39 is 0 Å². The van der Waals surface area contributed by atoms with Crippen LogP contribution in [0.25, 0.3) is 0 Å². The van der Waals surface area contributed by atoms with E-state index in [1.54, 1.807) is 31.6 Å². The van der Waals surface area contributed by atoms with Gasteiger partial charge in [-0.15, -0.1) is 0 Å². The lowest BCUT2D eigenvalue weighted by atomic mass is 10.1. The molecule has 0 bridgehead atoms. The van der Waals surface area contributed by atoms with Crippen molar-refractivity contribution in [2.24, 2.45) is 0 Å². The molecule has 0 fully saturated rings. The molecule has 1 aromatic heterocycles. The first kappa shape index (κ1) is 18.6. The molecule has 2 aromatic carbocycles. The van der Waals surface area contributed by atoms with Crippen molar-refractivity contribution < 1.29 is 14.2 Å². The summed E-state index contributed by atoms with van der Waals surface area (Å²) in [4.78, 5) is 7.36. The van der Waals surface area contributed by atoms with Crippen molar-refractivity contribution in [2.45, 2.75) is 12.5 Å². The first-order chi connectivity index (χ1) is 12.7. The van der Waals surface area contributed by atoms with Crippen LogP contribution >= 0.6 is 23.2 Å². The molecule has 3 aromatic rings. The third-order valence-corrected chi connectivity index (χ3v) is 4.38. The molecule has 1 heterocycles. The molecule has 7 heteroatoms. The number of imidazole rings is 1. The van der Waals surface area contributed by atoms with Crippen LogP contribution in [0.1, 0.15) is 17.5 Å². The van der Waals surface area contributed by atoms with Gasteiger partial charge >= 0.3 is 0 Å². The van der Waals surface area contributed by atoms with Crippen LogP contribution in [-0.2, 0) is 11.2 Å². The van der Waals surface area contributed by atoms with Gasteiger partial charge in [-0.3, -0.25) is 0 Å². The smallest absolute Gasteiger partial charge is 0.190 e. The minimum atomic E-state index is -0.349. The maximum absolute atomic E-state index is 6.29. The van der Waals surface area contributed by atoms with Gasteiger partial charge in [0, 0.05) is 28.9 Å². The molecule has 0 saturated heterocycles. The average molecular weight is 393 g/mol. The van der Waals surface area contributed by atoms with E-state index in [2.05, 4.69) is 9.97 Å². The number of halogens is 2. The second kappa shape index (κ2) is 8.94. The van der Waals surface area contributed by atoms with Crippen molar-refractivity contribution in [1.82, 2.24) is 9.97 Å². The fourth-order valence-corrected chi connectivity index (χ4v) is 2.98. The van der Waals surface area contributed by atoms with Gasteiger partial charge < -0.3 is 19.2 Å². The molecule has 5 nitrogen and oxygen atoms in total. The number of para-hydroxylation sites is 2. The standard InChI is InChI=1S/C19H18Cl2N2O3/c1-24-16-4-2-3-5-17(16)25-12-26-18(19-22-8-9-23-19)10-13-6-7-14(20)11-15(13)21/h2-9,11,18H,10,12H2,1H3,(H,22,23). The largest absolute Gasteiger partial charge is 0.493 e. The van der Waals surface area contributed by atoms with E-state index >= 15 is 0 Å². The third-order valence-electron chi connectivity index (χ3n) is 3.80. The molecule has 26 heavy (non-hydrogen) atoms. The second-order valence-corrected chi connectivity index (χ2v) is 6.33. The van der Waals surface area contributed by atoms with Gasteiger partial charge in [0.15, 0.2) is 18.3 Å². The summed E-state index contributed by atoms with van der Waals surface area (Å²) in [7, 11) is 1.59. The van der Waals surface area contributed by atoms with Crippen molar-refractivity contribution in [3.05, 3.63) is 76.3 Å². The maximum atomic E-state index is 6.29. The molecule has 0 aliphatic heterocycles. The van der Waals surface area contributed by atoms with Gasteiger partial charge in [0.1, 0.15) is 11.9 Å². The molecule has 0 spiro atoms. The Labute approximate surface area is 161 Å². The third kappa shape index (κ3) is 4.69. The summed E-state index contributed by atoms with van der Waals surface area (Å²) in [5, 5.41) is 1.18. The lowest BCUT2D eigenvalue weighted by molar-refractivity contribution is -0.0414. The minimum absolute atomic E-state index is 0.0386. The summed E-state index contributed by atoms with van der Waals surface area (Å²) in [5.41, 5.74) is 0.912. The lowest BCUT2D eigenvalue weighted by Crippen LogP contribution is -2.14. The fourth-order valence-electron chi connectivity index (χ4n) is 2.49. The number of nitrogens with zero attached hydrogens (tertiary/aromatic N) is 1. The molecule has 0 aliphatic rings. The van der Waals surface area contributed by atoms with Crippen LogP contribution in [0.2, 0.25) is 10.0 Å². The van der Waals surface area contributed by atoms with Gasteiger partial charge in [-0.1, -0.05) is 41.4 Å². The van der Waals surface area contributed by atoms with Crippen molar-refractivity contribution in [2.75, 3.05) is 13.9 Å². The average Bonchev–Trinajstić information content (AvgIpc) is 3.17. The van der Waals surface area contributed by atoms with Gasteiger partial charge in [0.05, 0.1) is 7.11 Å². The van der Waals surface area contributed by atoms with Gasteiger partial charge in [0.25, 0.3) is 0 Å². The number of aromatic amines is 1. The summed E-state index contributed by atoms with van der Waals surface area (Å²) in [6, 6.07) is 12.8. The zero-order chi connectivity index (χ0) is 18.4. The summed E-state index contributed by atoms with van der Waals surface area (Å²) >= 11 is 12.3. The molecule has 136 valence electrons.